The zero-order valence-electron chi connectivity index (χ0n) is 18.1. The summed E-state index contributed by atoms with van der Waals surface area (Å²) in [5.74, 6) is 1.12. The van der Waals surface area contributed by atoms with E-state index in [9.17, 15) is 13.2 Å². The second-order valence-electron chi connectivity index (χ2n) is 7.66. The van der Waals surface area contributed by atoms with Crippen molar-refractivity contribution < 1.29 is 13.2 Å². The summed E-state index contributed by atoms with van der Waals surface area (Å²) < 4.78 is 29.1. The van der Waals surface area contributed by atoms with Gasteiger partial charge in [0.25, 0.3) is 15.9 Å². The predicted octanol–water partition coefficient (Wildman–Crippen LogP) is 4.44. The highest BCUT2D eigenvalue weighted by molar-refractivity contribution is 7.98. The van der Waals surface area contributed by atoms with Gasteiger partial charge < -0.3 is 10.2 Å². The number of hydrogen-bond acceptors (Lipinski definition) is 5. The Kier molecular flexibility index (Phi) is 7.10. The Bertz CT molecular complexity index is 1240. The summed E-state index contributed by atoms with van der Waals surface area (Å²) in [5, 5.41) is 2.80. The van der Waals surface area contributed by atoms with Gasteiger partial charge in [-0.15, -0.1) is 16.2 Å². The van der Waals surface area contributed by atoms with Crippen molar-refractivity contribution in [2.75, 3.05) is 18.9 Å². The van der Waals surface area contributed by atoms with Crippen LogP contribution in [-0.2, 0) is 15.8 Å². The first-order valence-electron chi connectivity index (χ1n) is 10.5. The maximum atomic E-state index is 12.6. The van der Waals surface area contributed by atoms with Gasteiger partial charge in [-0.1, -0.05) is 6.07 Å². The van der Waals surface area contributed by atoms with Crippen LogP contribution in [-0.4, -0.2) is 43.6 Å². The molecule has 0 saturated carbocycles. The normalized spacial score (nSPS) is 15.1. The highest BCUT2D eigenvalue weighted by atomic mass is 32.2. The van der Waals surface area contributed by atoms with Crippen LogP contribution in [0.1, 0.15) is 28.8 Å². The molecule has 2 heterocycles. The van der Waals surface area contributed by atoms with Crippen LogP contribution in [0.2, 0.25) is 0 Å². The highest BCUT2D eigenvalue weighted by Crippen LogP contribution is 2.23. The molecule has 0 atom stereocenters. The topological polar surface area (TPSA) is 91.7 Å². The van der Waals surface area contributed by atoms with Crippen LogP contribution < -0.4 is 5.32 Å². The molecule has 0 aliphatic carbocycles. The molecule has 0 unspecified atom stereocenters. The molecule has 1 aromatic heterocycles. The molecule has 7 nitrogen and oxygen atoms in total. The number of sulfonamides is 1. The van der Waals surface area contributed by atoms with Crippen molar-refractivity contribution in [2.24, 2.45) is 4.40 Å². The largest absolute Gasteiger partial charge is 0.362 e. The van der Waals surface area contributed by atoms with Gasteiger partial charge in [-0.3, -0.25) is 9.78 Å². The van der Waals surface area contributed by atoms with Crippen molar-refractivity contribution in [3.8, 4) is 0 Å². The van der Waals surface area contributed by atoms with E-state index in [2.05, 4.69) is 14.7 Å². The first-order valence-corrected chi connectivity index (χ1v) is 12.9. The fourth-order valence-corrected chi connectivity index (χ4v) is 5.29. The number of likely N-dealkylation sites (tertiary alicyclic amines) is 1. The van der Waals surface area contributed by atoms with Gasteiger partial charge in [0, 0.05) is 54.3 Å². The number of nitrogens with one attached hydrogen (secondary N) is 1. The number of carbonyl (C=O) groups excluding carboxylic acids is 1. The third kappa shape index (κ3) is 6.00. The Labute approximate surface area is 198 Å². The quantitative estimate of drug-likeness (QED) is 0.503. The monoisotopic (exact) mass is 480 g/mol. The number of benzene rings is 2. The second-order valence-corrected chi connectivity index (χ2v) is 10.3. The van der Waals surface area contributed by atoms with Crippen LogP contribution >= 0.6 is 11.8 Å². The van der Waals surface area contributed by atoms with Crippen LogP contribution in [0.5, 0.6) is 0 Å². The molecule has 3 aromatic rings. The Morgan fingerprint density at radius 1 is 1.12 bits per heavy atom. The summed E-state index contributed by atoms with van der Waals surface area (Å²) in [6.45, 7) is 0.809. The molecule has 2 aromatic carbocycles. The Morgan fingerprint density at radius 2 is 1.88 bits per heavy atom. The summed E-state index contributed by atoms with van der Waals surface area (Å²) in [7, 11) is -1.94. The molecule has 1 aliphatic heterocycles. The number of aromatic nitrogens is 1. The first-order chi connectivity index (χ1) is 15.9. The average Bonchev–Trinajstić information content (AvgIpc) is 3.22. The standard InChI is InChI=1S/C24H24N4O3S2/c1-28-15-3-5-23(28)27-33(30,31)22-12-8-20(9-13-22)26-24(29)19-6-10-21(11-7-19)32-17-18-4-2-14-25-16-18/h2,4,6-14,16H,3,5,15,17H2,1H3,(H,26,29)/b27-23+. The van der Waals surface area contributed by atoms with E-state index in [0.29, 0.717) is 23.5 Å². The molecule has 1 N–H and O–H groups in total. The minimum atomic E-state index is -3.78. The third-order valence-corrected chi connectivity index (χ3v) is 7.62. The first kappa shape index (κ1) is 23.0. The van der Waals surface area contributed by atoms with Crippen LogP contribution in [0, 0.1) is 0 Å². The zero-order chi connectivity index (χ0) is 23.3. The van der Waals surface area contributed by atoms with Gasteiger partial charge in [0.15, 0.2) is 0 Å². The molecule has 0 radical (unpaired) electrons. The lowest BCUT2D eigenvalue weighted by Gasteiger charge is -2.11. The molecule has 1 amide bonds. The van der Waals surface area contributed by atoms with Crippen LogP contribution in [0.3, 0.4) is 0 Å². The number of thioether (sulfide) groups is 1. The summed E-state index contributed by atoms with van der Waals surface area (Å²) in [4.78, 5) is 19.7. The van der Waals surface area contributed by atoms with Crippen molar-refractivity contribution in [2.45, 2.75) is 28.4 Å². The zero-order valence-corrected chi connectivity index (χ0v) is 19.8. The average molecular weight is 481 g/mol. The Balaban J connectivity index is 1.36. The van der Waals surface area contributed by atoms with Crippen molar-refractivity contribution in [1.82, 2.24) is 9.88 Å². The van der Waals surface area contributed by atoms with E-state index in [0.717, 1.165) is 29.2 Å². The van der Waals surface area contributed by atoms with Crippen molar-refractivity contribution in [1.29, 1.82) is 0 Å². The Morgan fingerprint density at radius 3 is 2.52 bits per heavy atom. The van der Waals surface area contributed by atoms with Gasteiger partial charge in [0.2, 0.25) is 0 Å². The van der Waals surface area contributed by atoms with Crippen LogP contribution in [0.15, 0.2) is 87.2 Å². The summed E-state index contributed by atoms with van der Waals surface area (Å²) in [6, 6.07) is 17.4. The number of amides is 1. The van der Waals surface area contributed by atoms with Gasteiger partial charge in [-0.05, 0) is 66.6 Å². The molecule has 1 saturated heterocycles. The van der Waals surface area contributed by atoms with E-state index in [1.54, 1.807) is 42.2 Å². The number of carbonyl (C=O) groups is 1. The van der Waals surface area contributed by atoms with E-state index < -0.39 is 10.0 Å². The maximum absolute atomic E-state index is 12.6. The summed E-state index contributed by atoms with van der Waals surface area (Å²) in [6.07, 6.45) is 5.15. The van der Waals surface area contributed by atoms with Gasteiger partial charge in [0.05, 0.1) is 4.90 Å². The number of rotatable bonds is 7. The third-order valence-electron chi connectivity index (χ3n) is 5.21. The summed E-state index contributed by atoms with van der Waals surface area (Å²) in [5.41, 5.74) is 2.17. The van der Waals surface area contributed by atoms with E-state index in [-0.39, 0.29) is 10.8 Å². The van der Waals surface area contributed by atoms with Gasteiger partial charge in [-0.2, -0.15) is 8.42 Å². The highest BCUT2D eigenvalue weighted by Gasteiger charge is 2.20. The van der Waals surface area contributed by atoms with E-state index in [4.69, 9.17) is 0 Å². The van der Waals surface area contributed by atoms with Crippen molar-refractivity contribution >= 4 is 39.2 Å². The lowest BCUT2D eigenvalue weighted by Crippen LogP contribution is -2.20. The molecule has 0 spiro atoms. The molecule has 0 bridgehead atoms. The van der Waals surface area contributed by atoms with Crippen LogP contribution in [0.4, 0.5) is 5.69 Å². The van der Waals surface area contributed by atoms with E-state index in [1.165, 1.54) is 12.1 Å². The molecule has 1 fully saturated rings. The molecule has 33 heavy (non-hydrogen) atoms. The molecular weight excluding hydrogens is 456 g/mol. The van der Waals surface area contributed by atoms with Crippen LogP contribution in [0.25, 0.3) is 0 Å². The molecule has 9 heteroatoms. The van der Waals surface area contributed by atoms with Gasteiger partial charge in [0.1, 0.15) is 5.84 Å². The summed E-state index contributed by atoms with van der Waals surface area (Å²) >= 11 is 1.67. The fourth-order valence-electron chi connectivity index (χ4n) is 3.37. The van der Waals surface area contributed by atoms with Gasteiger partial charge in [-0.25, -0.2) is 0 Å². The van der Waals surface area contributed by atoms with Crippen molar-refractivity contribution in [3.05, 3.63) is 84.2 Å². The Hall–Kier alpha value is -3.17. The number of amidine groups is 1. The van der Waals surface area contributed by atoms with Gasteiger partial charge >= 0.3 is 0 Å². The molecular formula is C24H24N4O3S2. The lowest BCUT2D eigenvalue weighted by atomic mass is 10.2. The number of hydrogen-bond donors (Lipinski definition) is 1. The minimum Gasteiger partial charge on any atom is -0.362 e. The van der Waals surface area contributed by atoms with E-state index in [1.807, 2.05) is 42.4 Å². The predicted molar refractivity (Wildman–Crippen MR) is 131 cm³/mol. The lowest BCUT2D eigenvalue weighted by molar-refractivity contribution is 0.102. The van der Waals surface area contributed by atoms with E-state index >= 15 is 0 Å². The minimum absolute atomic E-state index is 0.100. The SMILES string of the molecule is CN1CCC/C1=N\S(=O)(=O)c1ccc(NC(=O)c2ccc(SCc3cccnc3)cc2)cc1. The number of nitrogens with zero attached hydrogens (tertiary/aromatic N) is 3. The maximum Gasteiger partial charge on any atom is 0.283 e. The molecule has 1 aliphatic rings. The van der Waals surface area contributed by atoms with Crippen molar-refractivity contribution in [3.63, 3.8) is 0 Å². The fraction of sp³-hybridized carbons (Fsp3) is 0.208. The number of pyridine rings is 1. The molecule has 170 valence electrons. The second kappa shape index (κ2) is 10.2. The smallest absolute Gasteiger partial charge is 0.283 e. The molecule has 4 rings (SSSR count). The number of anilines is 1.